The van der Waals surface area contributed by atoms with Crippen molar-refractivity contribution in [2.45, 2.75) is 6.54 Å². The molecular formula is C13H15Cl2N3O2S. The predicted octanol–water partition coefficient (Wildman–Crippen LogP) is 2.62. The van der Waals surface area contributed by atoms with Gasteiger partial charge in [-0.2, -0.15) is 0 Å². The maximum absolute atomic E-state index is 11.7. The van der Waals surface area contributed by atoms with Gasteiger partial charge in [0.2, 0.25) is 0 Å². The second kappa shape index (κ2) is 7.61. The fraction of sp³-hybridized carbons (Fsp3) is 0.231. The van der Waals surface area contributed by atoms with Crippen LogP contribution in [0.3, 0.4) is 0 Å². The molecule has 1 heterocycles. The van der Waals surface area contributed by atoms with Crippen LogP contribution in [0.5, 0.6) is 5.75 Å². The Morgan fingerprint density at radius 1 is 1.43 bits per heavy atom. The van der Waals surface area contributed by atoms with E-state index in [0.717, 1.165) is 5.56 Å². The number of hydrogen-bond donors (Lipinski definition) is 2. The molecule has 5 nitrogen and oxygen atoms in total. The lowest BCUT2D eigenvalue weighted by molar-refractivity contribution is 0.416. The fourth-order valence-electron chi connectivity index (χ4n) is 1.97. The van der Waals surface area contributed by atoms with E-state index in [1.54, 1.807) is 29.9 Å². The highest BCUT2D eigenvalue weighted by Gasteiger charge is 2.12. The van der Waals surface area contributed by atoms with Crippen LogP contribution in [0, 0.1) is 4.77 Å². The van der Waals surface area contributed by atoms with Crippen LogP contribution < -0.4 is 16.0 Å². The third-order valence-electron chi connectivity index (χ3n) is 2.83. The molecule has 0 bridgehead atoms. The van der Waals surface area contributed by atoms with Crippen LogP contribution in [-0.4, -0.2) is 23.2 Å². The van der Waals surface area contributed by atoms with Crippen LogP contribution in [0.4, 0.5) is 0 Å². The van der Waals surface area contributed by atoms with E-state index in [4.69, 9.17) is 34.3 Å². The second-order valence-corrected chi connectivity index (χ2v) is 4.93. The number of aromatic amines is 1. The number of benzene rings is 1. The third-order valence-corrected chi connectivity index (χ3v) is 3.38. The molecular weight excluding hydrogens is 333 g/mol. The Kier molecular flexibility index (Phi) is 6.42. The molecule has 21 heavy (non-hydrogen) atoms. The summed E-state index contributed by atoms with van der Waals surface area (Å²) >= 11 is 11.1. The Morgan fingerprint density at radius 2 is 2.14 bits per heavy atom. The van der Waals surface area contributed by atoms with Gasteiger partial charge in [0, 0.05) is 29.7 Å². The van der Waals surface area contributed by atoms with Gasteiger partial charge in [-0.15, -0.1) is 12.4 Å². The first-order valence-corrected chi connectivity index (χ1v) is 6.73. The molecule has 0 amide bonds. The van der Waals surface area contributed by atoms with Gasteiger partial charge in [0.05, 0.1) is 12.8 Å². The average Bonchev–Trinajstić information content (AvgIpc) is 2.41. The zero-order valence-electron chi connectivity index (χ0n) is 11.3. The summed E-state index contributed by atoms with van der Waals surface area (Å²) in [4.78, 5) is 14.3. The Balaban J connectivity index is 0.00000220. The summed E-state index contributed by atoms with van der Waals surface area (Å²) < 4.78 is 7.41. The van der Waals surface area contributed by atoms with Gasteiger partial charge in [-0.05, 0) is 30.4 Å². The standard InChI is InChI=1S/C13H14ClN3O2S.ClH/c1-19-11-6-8(14)2-3-9(11)10-7-12(18)16-13(20)17(10)5-4-15;/h2-3,6-7H,4-5,15H2,1H3,(H,16,18,20);1H. The van der Waals surface area contributed by atoms with Crippen LogP contribution in [0.1, 0.15) is 0 Å². The van der Waals surface area contributed by atoms with Crippen LogP contribution >= 0.6 is 36.2 Å². The van der Waals surface area contributed by atoms with Crippen molar-refractivity contribution >= 4 is 36.2 Å². The molecule has 0 fully saturated rings. The molecule has 1 aromatic carbocycles. The second-order valence-electron chi connectivity index (χ2n) is 4.11. The number of nitrogens with one attached hydrogen (secondary N) is 1. The zero-order valence-corrected chi connectivity index (χ0v) is 13.6. The molecule has 0 saturated carbocycles. The summed E-state index contributed by atoms with van der Waals surface area (Å²) in [6.07, 6.45) is 0. The van der Waals surface area contributed by atoms with Gasteiger partial charge in [0.1, 0.15) is 5.75 Å². The molecule has 3 N–H and O–H groups in total. The van der Waals surface area contributed by atoms with E-state index < -0.39 is 0 Å². The minimum Gasteiger partial charge on any atom is -0.496 e. The van der Waals surface area contributed by atoms with Crippen molar-refractivity contribution in [2.24, 2.45) is 5.73 Å². The maximum Gasteiger partial charge on any atom is 0.252 e. The van der Waals surface area contributed by atoms with Gasteiger partial charge in [-0.1, -0.05) is 11.6 Å². The molecule has 2 aromatic rings. The highest BCUT2D eigenvalue weighted by molar-refractivity contribution is 7.71. The molecule has 0 spiro atoms. The van der Waals surface area contributed by atoms with Crippen LogP contribution in [0.25, 0.3) is 11.3 Å². The van der Waals surface area contributed by atoms with Crippen LogP contribution in [0.15, 0.2) is 29.1 Å². The molecule has 0 aliphatic rings. The molecule has 1 aromatic heterocycles. The Bertz CT molecular complexity index is 743. The number of methoxy groups -OCH3 is 1. The molecule has 0 aliphatic carbocycles. The van der Waals surface area contributed by atoms with E-state index in [9.17, 15) is 4.79 Å². The number of halogens is 2. The normalized spacial score (nSPS) is 10.0. The van der Waals surface area contributed by atoms with Crippen molar-refractivity contribution in [1.29, 1.82) is 0 Å². The van der Waals surface area contributed by atoms with Gasteiger partial charge < -0.3 is 15.0 Å². The van der Waals surface area contributed by atoms with E-state index in [0.29, 0.717) is 34.3 Å². The van der Waals surface area contributed by atoms with E-state index in [-0.39, 0.29) is 18.0 Å². The molecule has 0 radical (unpaired) electrons. The lowest BCUT2D eigenvalue weighted by atomic mass is 10.1. The number of ether oxygens (including phenoxy) is 1. The van der Waals surface area contributed by atoms with E-state index in [1.165, 1.54) is 6.07 Å². The summed E-state index contributed by atoms with van der Waals surface area (Å²) in [5.74, 6) is 0.572. The topological polar surface area (TPSA) is 73.0 Å². The molecule has 0 unspecified atom stereocenters. The number of hydrogen-bond acceptors (Lipinski definition) is 4. The van der Waals surface area contributed by atoms with E-state index in [1.807, 2.05) is 0 Å². The molecule has 114 valence electrons. The van der Waals surface area contributed by atoms with Crippen LogP contribution in [0.2, 0.25) is 5.02 Å². The molecule has 0 aliphatic heterocycles. The third kappa shape index (κ3) is 3.85. The lowest BCUT2D eigenvalue weighted by Gasteiger charge is -2.15. The first-order valence-electron chi connectivity index (χ1n) is 5.95. The summed E-state index contributed by atoms with van der Waals surface area (Å²) in [7, 11) is 1.55. The lowest BCUT2D eigenvalue weighted by Crippen LogP contribution is -2.19. The van der Waals surface area contributed by atoms with Crippen molar-refractivity contribution < 1.29 is 4.74 Å². The first kappa shape index (κ1) is 17.7. The maximum atomic E-state index is 11.7. The van der Waals surface area contributed by atoms with Gasteiger partial charge in [-0.3, -0.25) is 9.78 Å². The predicted molar refractivity (Wildman–Crippen MR) is 89.2 cm³/mol. The monoisotopic (exact) mass is 347 g/mol. The molecule has 8 heteroatoms. The van der Waals surface area contributed by atoms with Gasteiger partial charge in [0.15, 0.2) is 4.77 Å². The molecule has 2 rings (SSSR count). The minimum atomic E-state index is -0.268. The van der Waals surface area contributed by atoms with Gasteiger partial charge >= 0.3 is 0 Å². The molecule has 0 saturated heterocycles. The number of H-pyrrole nitrogens is 1. The summed E-state index contributed by atoms with van der Waals surface area (Å²) in [6.45, 7) is 0.903. The smallest absolute Gasteiger partial charge is 0.252 e. The average molecular weight is 348 g/mol. The number of rotatable bonds is 4. The number of nitrogens with zero attached hydrogens (tertiary/aromatic N) is 1. The Morgan fingerprint density at radius 3 is 2.76 bits per heavy atom. The first-order chi connectivity index (χ1) is 9.56. The zero-order chi connectivity index (χ0) is 14.7. The van der Waals surface area contributed by atoms with Crippen molar-refractivity contribution in [3.05, 3.63) is 44.4 Å². The van der Waals surface area contributed by atoms with Gasteiger partial charge in [-0.25, -0.2) is 0 Å². The minimum absolute atomic E-state index is 0. The molecule has 0 atom stereocenters. The van der Waals surface area contributed by atoms with Crippen molar-refractivity contribution in [2.75, 3.05) is 13.7 Å². The number of nitrogens with two attached hydrogens (primary N) is 1. The SMILES string of the molecule is COc1cc(Cl)ccc1-c1cc(=O)[nH]c(=S)n1CCN.Cl. The summed E-state index contributed by atoms with van der Waals surface area (Å²) in [6, 6.07) is 6.68. The van der Waals surface area contributed by atoms with E-state index in [2.05, 4.69) is 4.98 Å². The van der Waals surface area contributed by atoms with Crippen molar-refractivity contribution in [3.63, 3.8) is 0 Å². The largest absolute Gasteiger partial charge is 0.496 e. The highest BCUT2D eigenvalue weighted by Crippen LogP contribution is 2.31. The highest BCUT2D eigenvalue weighted by atomic mass is 35.5. The van der Waals surface area contributed by atoms with Gasteiger partial charge in [0.25, 0.3) is 5.56 Å². The van der Waals surface area contributed by atoms with Crippen LogP contribution in [-0.2, 0) is 6.54 Å². The van der Waals surface area contributed by atoms with Crippen molar-refractivity contribution in [3.8, 4) is 17.0 Å². The number of aromatic nitrogens is 2. The summed E-state index contributed by atoms with van der Waals surface area (Å²) in [5.41, 5.74) is 6.72. The van der Waals surface area contributed by atoms with E-state index >= 15 is 0 Å². The Labute approximate surface area is 138 Å². The Hall–Kier alpha value is -1.34. The fourth-order valence-corrected chi connectivity index (χ4v) is 2.42. The van der Waals surface area contributed by atoms with Crippen molar-refractivity contribution in [1.82, 2.24) is 9.55 Å². The summed E-state index contributed by atoms with van der Waals surface area (Å²) in [5, 5.41) is 0.555. The quantitative estimate of drug-likeness (QED) is 0.833.